The summed E-state index contributed by atoms with van der Waals surface area (Å²) in [6, 6.07) is 11.8. The lowest BCUT2D eigenvalue weighted by atomic mass is 10.0. The molecule has 0 spiro atoms. The van der Waals surface area contributed by atoms with Gasteiger partial charge in [-0.25, -0.2) is 4.98 Å². The van der Waals surface area contributed by atoms with Crippen LogP contribution in [0.2, 0.25) is 0 Å². The van der Waals surface area contributed by atoms with E-state index in [1.165, 1.54) is 5.56 Å². The predicted octanol–water partition coefficient (Wildman–Crippen LogP) is 3.37. The summed E-state index contributed by atoms with van der Waals surface area (Å²) in [6.45, 7) is 2.11. The van der Waals surface area contributed by atoms with Gasteiger partial charge in [0.05, 0.1) is 35.5 Å². The summed E-state index contributed by atoms with van der Waals surface area (Å²) >= 11 is 0. The van der Waals surface area contributed by atoms with Crippen molar-refractivity contribution in [3.63, 3.8) is 0 Å². The van der Waals surface area contributed by atoms with Crippen molar-refractivity contribution >= 4 is 0 Å². The van der Waals surface area contributed by atoms with Crippen LogP contribution in [0.25, 0.3) is 16.9 Å². The second-order valence-electron chi connectivity index (χ2n) is 4.71. The molecule has 0 atom stereocenters. The Morgan fingerprint density at radius 1 is 1.24 bits per heavy atom. The van der Waals surface area contributed by atoms with Crippen LogP contribution in [0.5, 0.6) is 0 Å². The van der Waals surface area contributed by atoms with Gasteiger partial charge < -0.3 is 4.57 Å². The van der Waals surface area contributed by atoms with Crippen molar-refractivity contribution in [2.45, 2.75) is 13.3 Å². The fraction of sp³-hybridized carbons (Fsp3) is 0.118. The highest BCUT2D eigenvalue weighted by atomic mass is 15.0. The molecule has 102 valence electrons. The number of hydrogen-bond donors (Lipinski definition) is 0. The molecule has 0 fully saturated rings. The summed E-state index contributed by atoms with van der Waals surface area (Å²) in [5.74, 6) is 0. The zero-order valence-corrected chi connectivity index (χ0v) is 11.7. The lowest BCUT2D eigenvalue weighted by Crippen LogP contribution is -1.97. The van der Waals surface area contributed by atoms with Gasteiger partial charge in [-0.15, -0.1) is 0 Å². The molecule has 0 bridgehead atoms. The van der Waals surface area contributed by atoms with Crippen molar-refractivity contribution in [3.8, 4) is 23.0 Å². The third-order valence-electron chi connectivity index (χ3n) is 3.42. The maximum absolute atomic E-state index is 8.87. The molecule has 3 aromatic rings. The number of aromatic nitrogens is 3. The summed E-state index contributed by atoms with van der Waals surface area (Å²) in [6.07, 6.45) is 8.15. The zero-order valence-electron chi connectivity index (χ0n) is 11.7. The smallest absolute Gasteiger partial charge is 0.0992 e. The van der Waals surface area contributed by atoms with Crippen LogP contribution in [0.4, 0.5) is 0 Å². The van der Waals surface area contributed by atoms with E-state index >= 15 is 0 Å². The first-order chi connectivity index (χ1) is 10.3. The van der Waals surface area contributed by atoms with Gasteiger partial charge in [-0.2, -0.15) is 5.26 Å². The normalized spacial score (nSPS) is 10.3. The molecule has 0 aliphatic carbocycles. The van der Waals surface area contributed by atoms with Crippen molar-refractivity contribution in [2.75, 3.05) is 0 Å². The molecule has 0 saturated carbocycles. The number of hydrogen-bond acceptors (Lipinski definition) is 3. The van der Waals surface area contributed by atoms with Crippen LogP contribution in [0, 0.1) is 11.3 Å². The van der Waals surface area contributed by atoms with Gasteiger partial charge >= 0.3 is 0 Å². The fourth-order valence-electron chi connectivity index (χ4n) is 2.28. The monoisotopic (exact) mass is 274 g/mol. The number of imidazole rings is 1. The van der Waals surface area contributed by atoms with Crippen LogP contribution >= 0.6 is 0 Å². The second kappa shape index (κ2) is 5.59. The standard InChI is InChI=1S/C17H14N4/c1-2-14-9-16(21-8-7-19-12-21)11-20-17(14)15-5-3-13(10-18)4-6-15/h3-9,11-12H,2H2,1H3. The van der Waals surface area contributed by atoms with E-state index in [4.69, 9.17) is 5.26 Å². The van der Waals surface area contributed by atoms with Crippen molar-refractivity contribution in [2.24, 2.45) is 0 Å². The topological polar surface area (TPSA) is 54.5 Å². The number of benzene rings is 1. The van der Waals surface area contributed by atoms with Gasteiger partial charge in [0.1, 0.15) is 0 Å². The van der Waals surface area contributed by atoms with E-state index in [0.717, 1.165) is 23.4 Å². The molecule has 0 saturated heterocycles. The van der Waals surface area contributed by atoms with Gasteiger partial charge in [-0.3, -0.25) is 4.98 Å². The molecule has 1 aromatic carbocycles. The maximum Gasteiger partial charge on any atom is 0.0992 e. The minimum Gasteiger partial charge on any atom is -0.305 e. The average Bonchev–Trinajstić information content (AvgIpc) is 3.09. The number of nitrogens with zero attached hydrogens (tertiary/aromatic N) is 4. The Morgan fingerprint density at radius 3 is 2.67 bits per heavy atom. The summed E-state index contributed by atoms with van der Waals surface area (Å²) in [4.78, 5) is 8.66. The summed E-state index contributed by atoms with van der Waals surface area (Å²) in [5.41, 5.74) is 4.83. The highest BCUT2D eigenvalue weighted by molar-refractivity contribution is 5.65. The molecule has 4 nitrogen and oxygen atoms in total. The van der Waals surface area contributed by atoms with Gasteiger partial charge in [0.15, 0.2) is 0 Å². The summed E-state index contributed by atoms with van der Waals surface area (Å²) < 4.78 is 1.94. The lowest BCUT2D eigenvalue weighted by Gasteiger charge is -2.10. The Kier molecular flexibility index (Phi) is 3.48. The van der Waals surface area contributed by atoms with Gasteiger partial charge in [0.2, 0.25) is 0 Å². The van der Waals surface area contributed by atoms with Crippen molar-refractivity contribution < 1.29 is 0 Å². The summed E-state index contributed by atoms with van der Waals surface area (Å²) in [5, 5.41) is 8.87. The molecule has 0 unspecified atom stereocenters. The van der Waals surface area contributed by atoms with Crippen molar-refractivity contribution in [1.29, 1.82) is 5.26 Å². The molecule has 3 rings (SSSR count). The molecule has 4 heteroatoms. The highest BCUT2D eigenvalue weighted by Gasteiger charge is 2.08. The van der Waals surface area contributed by atoms with E-state index in [9.17, 15) is 0 Å². The van der Waals surface area contributed by atoms with Gasteiger partial charge in [0.25, 0.3) is 0 Å². The van der Waals surface area contributed by atoms with Crippen molar-refractivity contribution in [3.05, 3.63) is 66.4 Å². The van der Waals surface area contributed by atoms with Crippen LogP contribution in [0.3, 0.4) is 0 Å². The van der Waals surface area contributed by atoms with E-state index in [-0.39, 0.29) is 0 Å². The number of pyridine rings is 1. The van der Waals surface area contributed by atoms with Gasteiger partial charge in [-0.05, 0) is 30.2 Å². The van der Waals surface area contributed by atoms with E-state index in [2.05, 4.69) is 29.0 Å². The Bertz CT molecular complexity index is 781. The first-order valence-electron chi connectivity index (χ1n) is 6.79. The third kappa shape index (κ3) is 2.54. The highest BCUT2D eigenvalue weighted by Crippen LogP contribution is 2.24. The third-order valence-corrected chi connectivity index (χ3v) is 3.42. The molecule has 0 aliphatic rings. The summed E-state index contributed by atoms with van der Waals surface area (Å²) in [7, 11) is 0. The Hall–Kier alpha value is -2.93. The van der Waals surface area contributed by atoms with Crippen LogP contribution in [-0.4, -0.2) is 14.5 Å². The van der Waals surface area contributed by atoms with E-state index in [1.54, 1.807) is 12.5 Å². The number of nitriles is 1. The van der Waals surface area contributed by atoms with E-state index in [1.807, 2.05) is 41.2 Å². The zero-order chi connectivity index (χ0) is 14.7. The van der Waals surface area contributed by atoms with Crippen molar-refractivity contribution in [1.82, 2.24) is 14.5 Å². The Labute approximate surface area is 123 Å². The van der Waals surface area contributed by atoms with Gasteiger partial charge in [0, 0.05) is 18.0 Å². The van der Waals surface area contributed by atoms with Crippen LogP contribution in [-0.2, 0) is 6.42 Å². The van der Waals surface area contributed by atoms with Crippen LogP contribution < -0.4 is 0 Å². The van der Waals surface area contributed by atoms with Crippen LogP contribution in [0.15, 0.2) is 55.2 Å². The first kappa shape index (κ1) is 13.1. The van der Waals surface area contributed by atoms with E-state index in [0.29, 0.717) is 5.56 Å². The molecule has 0 N–H and O–H groups in total. The van der Waals surface area contributed by atoms with E-state index < -0.39 is 0 Å². The molecule has 0 aliphatic heterocycles. The molecule has 21 heavy (non-hydrogen) atoms. The minimum absolute atomic E-state index is 0.659. The molecule has 0 amide bonds. The molecular weight excluding hydrogens is 260 g/mol. The quantitative estimate of drug-likeness (QED) is 0.735. The second-order valence-corrected chi connectivity index (χ2v) is 4.71. The molecular formula is C17H14N4. The first-order valence-corrected chi connectivity index (χ1v) is 6.79. The average molecular weight is 274 g/mol. The maximum atomic E-state index is 8.87. The van der Waals surface area contributed by atoms with Gasteiger partial charge in [-0.1, -0.05) is 19.1 Å². The number of aryl methyl sites for hydroxylation is 1. The fourth-order valence-corrected chi connectivity index (χ4v) is 2.28. The van der Waals surface area contributed by atoms with Crippen LogP contribution in [0.1, 0.15) is 18.1 Å². The molecule has 0 radical (unpaired) electrons. The largest absolute Gasteiger partial charge is 0.305 e. The molecule has 2 aromatic heterocycles. The number of rotatable bonds is 3. The lowest BCUT2D eigenvalue weighted by molar-refractivity contribution is 1.01. The Morgan fingerprint density at radius 2 is 2.05 bits per heavy atom. The SMILES string of the molecule is CCc1cc(-n2ccnc2)cnc1-c1ccc(C#N)cc1. The molecule has 2 heterocycles. The minimum atomic E-state index is 0.659. The predicted molar refractivity (Wildman–Crippen MR) is 80.9 cm³/mol. The Balaban J connectivity index is 2.04.